The molecule has 0 aliphatic carbocycles. The quantitative estimate of drug-likeness (QED) is 0.888. The Bertz CT molecular complexity index is 861. The van der Waals surface area contributed by atoms with E-state index in [0.29, 0.717) is 24.7 Å². The number of likely N-dealkylation sites (tertiary alicyclic amines) is 1. The second kappa shape index (κ2) is 6.59. The van der Waals surface area contributed by atoms with Crippen LogP contribution in [0.2, 0.25) is 0 Å². The predicted molar refractivity (Wildman–Crippen MR) is 97.5 cm³/mol. The van der Waals surface area contributed by atoms with Crippen LogP contribution in [-0.4, -0.2) is 56.7 Å². The summed E-state index contributed by atoms with van der Waals surface area (Å²) in [5, 5.41) is 4.16. The number of aromatic amines is 1. The topological polar surface area (TPSA) is 87.1 Å². The van der Waals surface area contributed by atoms with Gasteiger partial charge in [0, 0.05) is 45.2 Å². The SMILES string of the molecule is Cc1cnn(C)c1C(=O)N1CCC(c2cc(=O)[nH]c(N3CCCC3)n2)C1. The van der Waals surface area contributed by atoms with Crippen molar-refractivity contribution in [3.05, 3.63) is 39.6 Å². The molecule has 4 rings (SSSR count). The number of nitrogens with zero attached hydrogens (tertiary/aromatic N) is 5. The molecular weight excluding hydrogens is 332 g/mol. The van der Waals surface area contributed by atoms with Gasteiger partial charge in [0.2, 0.25) is 5.95 Å². The number of rotatable bonds is 3. The fraction of sp³-hybridized carbons (Fsp3) is 0.556. The number of hydrogen-bond acceptors (Lipinski definition) is 5. The molecule has 2 aliphatic heterocycles. The third kappa shape index (κ3) is 3.00. The molecule has 2 aromatic heterocycles. The number of H-pyrrole nitrogens is 1. The summed E-state index contributed by atoms with van der Waals surface area (Å²) in [6, 6.07) is 1.58. The molecule has 4 heterocycles. The fourth-order valence-electron chi connectivity index (χ4n) is 3.94. The van der Waals surface area contributed by atoms with E-state index in [4.69, 9.17) is 4.98 Å². The standard InChI is InChI=1S/C18H24N6O2/c1-12-10-19-22(2)16(12)17(26)24-8-5-13(11-24)14-9-15(25)21-18(20-14)23-6-3-4-7-23/h9-10,13H,3-8,11H2,1-2H3,(H,20,21,25). The summed E-state index contributed by atoms with van der Waals surface area (Å²) < 4.78 is 1.63. The third-order valence-corrected chi connectivity index (χ3v) is 5.37. The van der Waals surface area contributed by atoms with Crippen molar-refractivity contribution in [2.45, 2.75) is 32.1 Å². The van der Waals surface area contributed by atoms with E-state index >= 15 is 0 Å². The molecule has 0 aromatic carbocycles. The zero-order valence-corrected chi connectivity index (χ0v) is 15.2. The van der Waals surface area contributed by atoms with Gasteiger partial charge in [0.1, 0.15) is 5.69 Å². The van der Waals surface area contributed by atoms with Crippen molar-refractivity contribution in [1.29, 1.82) is 0 Å². The molecule has 1 atom stereocenters. The van der Waals surface area contributed by atoms with Crippen LogP contribution < -0.4 is 10.5 Å². The highest BCUT2D eigenvalue weighted by molar-refractivity contribution is 5.94. The van der Waals surface area contributed by atoms with E-state index < -0.39 is 0 Å². The van der Waals surface area contributed by atoms with Crippen LogP contribution in [0.1, 0.15) is 46.9 Å². The number of nitrogens with one attached hydrogen (secondary N) is 1. The van der Waals surface area contributed by atoms with E-state index in [1.54, 1.807) is 24.0 Å². The monoisotopic (exact) mass is 356 g/mol. The van der Waals surface area contributed by atoms with Crippen LogP contribution in [0.15, 0.2) is 17.1 Å². The van der Waals surface area contributed by atoms with Crippen LogP contribution in [0.4, 0.5) is 5.95 Å². The Hall–Kier alpha value is -2.64. The van der Waals surface area contributed by atoms with E-state index in [-0.39, 0.29) is 17.4 Å². The lowest BCUT2D eigenvalue weighted by Crippen LogP contribution is -2.31. The minimum Gasteiger partial charge on any atom is -0.342 e. The van der Waals surface area contributed by atoms with Gasteiger partial charge in [-0.25, -0.2) is 4.98 Å². The van der Waals surface area contributed by atoms with Gasteiger partial charge >= 0.3 is 0 Å². The second-order valence-electron chi connectivity index (χ2n) is 7.22. The molecule has 2 aromatic rings. The first-order valence-corrected chi connectivity index (χ1v) is 9.17. The number of hydrogen-bond donors (Lipinski definition) is 1. The van der Waals surface area contributed by atoms with Crippen molar-refractivity contribution in [3.8, 4) is 0 Å². The molecule has 2 saturated heterocycles. The Morgan fingerprint density at radius 1 is 1.27 bits per heavy atom. The van der Waals surface area contributed by atoms with Gasteiger partial charge < -0.3 is 9.80 Å². The van der Waals surface area contributed by atoms with Gasteiger partial charge in [-0.2, -0.15) is 5.10 Å². The summed E-state index contributed by atoms with van der Waals surface area (Å²) >= 11 is 0. The summed E-state index contributed by atoms with van der Waals surface area (Å²) in [4.78, 5) is 36.5. The number of amides is 1. The third-order valence-electron chi connectivity index (χ3n) is 5.37. The highest BCUT2D eigenvalue weighted by Crippen LogP contribution is 2.28. The van der Waals surface area contributed by atoms with Crippen LogP contribution in [0.3, 0.4) is 0 Å². The van der Waals surface area contributed by atoms with Gasteiger partial charge in [-0.1, -0.05) is 0 Å². The molecule has 8 heteroatoms. The van der Waals surface area contributed by atoms with Crippen molar-refractivity contribution in [3.63, 3.8) is 0 Å². The molecule has 1 amide bonds. The molecule has 8 nitrogen and oxygen atoms in total. The van der Waals surface area contributed by atoms with E-state index in [2.05, 4.69) is 15.0 Å². The molecule has 138 valence electrons. The maximum Gasteiger partial charge on any atom is 0.272 e. The Labute approximate surface area is 151 Å². The molecule has 1 unspecified atom stereocenters. The summed E-state index contributed by atoms with van der Waals surface area (Å²) in [5.41, 5.74) is 2.17. The number of aryl methyl sites for hydroxylation is 2. The second-order valence-corrected chi connectivity index (χ2v) is 7.22. The first-order valence-electron chi connectivity index (χ1n) is 9.17. The summed E-state index contributed by atoms with van der Waals surface area (Å²) in [6.45, 7) is 5.01. The maximum absolute atomic E-state index is 12.8. The highest BCUT2D eigenvalue weighted by Gasteiger charge is 2.31. The fourth-order valence-corrected chi connectivity index (χ4v) is 3.94. The lowest BCUT2D eigenvalue weighted by atomic mass is 10.1. The largest absolute Gasteiger partial charge is 0.342 e. The molecule has 1 N–H and O–H groups in total. The van der Waals surface area contributed by atoms with E-state index in [1.165, 1.54) is 0 Å². The highest BCUT2D eigenvalue weighted by atomic mass is 16.2. The molecule has 0 spiro atoms. The Morgan fingerprint density at radius 2 is 2.04 bits per heavy atom. The van der Waals surface area contributed by atoms with E-state index in [0.717, 1.165) is 43.6 Å². The van der Waals surface area contributed by atoms with Gasteiger partial charge in [-0.05, 0) is 31.7 Å². The van der Waals surface area contributed by atoms with Gasteiger partial charge in [0.25, 0.3) is 11.5 Å². The number of aromatic nitrogens is 4. The van der Waals surface area contributed by atoms with Crippen LogP contribution in [0.25, 0.3) is 0 Å². The van der Waals surface area contributed by atoms with Crippen molar-refractivity contribution in [1.82, 2.24) is 24.6 Å². The first kappa shape index (κ1) is 16.8. The maximum atomic E-state index is 12.8. The van der Waals surface area contributed by atoms with E-state index in [1.807, 2.05) is 11.8 Å². The Morgan fingerprint density at radius 3 is 2.73 bits per heavy atom. The van der Waals surface area contributed by atoms with Gasteiger partial charge in [-0.3, -0.25) is 19.3 Å². The predicted octanol–water partition coefficient (Wildman–Crippen LogP) is 1.04. The average molecular weight is 356 g/mol. The Balaban J connectivity index is 1.54. The van der Waals surface area contributed by atoms with Crippen molar-refractivity contribution < 1.29 is 4.79 Å². The minimum atomic E-state index is -0.121. The molecule has 0 radical (unpaired) electrons. The van der Waals surface area contributed by atoms with Crippen LogP contribution in [0.5, 0.6) is 0 Å². The molecule has 0 bridgehead atoms. The van der Waals surface area contributed by atoms with Crippen LogP contribution in [-0.2, 0) is 7.05 Å². The van der Waals surface area contributed by atoms with Crippen molar-refractivity contribution in [2.24, 2.45) is 7.05 Å². The number of anilines is 1. The smallest absolute Gasteiger partial charge is 0.272 e. The van der Waals surface area contributed by atoms with Gasteiger partial charge in [0.05, 0.1) is 11.9 Å². The first-order chi connectivity index (χ1) is 12.5. The molecule has 2 aliphatic rings. The lowest BCUT2D eigenvalue weighted by molar-refractivity contribution is 0.0779. The Kier molecular flexibility index (Phi) is 4.26. The molecule has 0 saturated carbocycles. The van der Waals surface area contributed by atoms with Gasteiger partial charge in [-0.15, -0.1) is 0 Å². The van der Waals surface area contributed by atoms with Crippen molar-refractivity contribution >= 4 is 11.9 Å². The number of carbonyl (C=O) groups is 1. The van der Waals surface area contributed by atoms with E-state index in [9.17, 15) is 9.59 Å². The summed E-state index contributed by atoms with van der Waals surface area (Å²) in [6.07, 6.45) is 4.79. The summed E-state index contributed by atoms with van der Waals surface area (Å²) in [7, 11) is 1.79. The molecular formula is C18H24N6O2. The zero-order valence-electron chi connectivity index (χ0n) is 15.2. The van der Waals surface area contributed by atoms with Gasteiger partial charge in [0.15, 0.2) is 0 Å². The minimum absolute atomic E-state index is 0.00499. The lowest BCUT2D eigenvalue weighted by Gasteiger charge is -2.19. The number of carbonyl (C=O) groups excluding carboxylic acids is 1. The average Bonchev–Trinajstić information content (AvgIpc) is 3.35. The molecule has 26 heavy (non-hydrogen) atoms. The summed E-state index contributed by atoms with van der Waals surface area (Å²) in [5.74, 6) is 0.753. The van der Waals surface area contributed by atoms with Crippen LogP contribution >= 0.6 is 0 Å². The normalized spacial score (nSPS) is 20.2. The van der Waals surface area contributed by atoms with Crippen LogP contribution in [0, 0.1) is 6.92 Å². The zero-order chi connectivity index (χ0) is 18.3. The molecule has 2 fully saturated rings. The van der Waals surface area contributed by atoms with Crippen molar-refractivity contribution in [2.75, 3.05) is 31.1 Å².